The molecule has 126 valence electrons. The molecule has 6 nitrogen and oxygen atoms in total. The first-order valence-electron chi connectivity index (χ1n) is 7.72. The third-order valence-corrected chi connectivity index (χ3v) is 4.72. The molecule has 1 aromatic carbocycles. The Morgan fingerprint density at radius 1 is 1.17 bits per heavy atom. The number of benzene rings is 1. The Hall–Kier alpha value is -2.12. The summed E-state index contributed by atoms with van der Waals surface area (Å²) in [6.07, 6.45) is 0. The van der Waals surface area contributed by atoms with E-state index in [9.17, 15) is 0 Å². The van der Waals surface area contributed by atoms with E-state index in [4.69, 9.17) is 9.15 Å². The summed E-state index contributed by atoms with van der Waals surface area (Å²) >= 11 is 1.59. The van der Waals surface area contributed by atoms with Gasteiger partial charge < -0.3 is 13.7 Å². The fourth-order valence-corrected chi connectivity index (χ4v) is 3.27. The fourth-order valence-electron chi connectivity index (χ4n) is 2.32. The molecule has 0 spiro atoms. The fraction of sp³-hybridized carbons (Fsp3) is 0.353. The minimum atomic E-state index is 0.543. The number of hydrogen-bond acceptors (Lipinski definition) is 6. The van der Waals surface area contributed by atoms with Gasteiger partial charge >= 0.3 is 0 Å². The molecular formula is C17H20N4O2S. The molecule has 0 aliphatic heterocycles. The Balaban J connectivity index is 1.70. The van der Waals surface area contributed by atoms with Gasteiger partial charge in [-0.15, -0.1) is 10.2 Å². The van der Waals surface area contributed by atoms with Crippen molar-refractivity contribution in [3.8, 4) is 11.5 Å². The SMILES string of the molecule is COCCn1c(SCc2nnc(-c3ccccc3)o2)nc(C)c1C. The number of rotatable bonds is 7. The monoisotopic (exact) mass is 344 g/mol. The molecular weight excluding hydrogens is 324 g/mol. The first-order chi connectivity index (χ1) is 11.7. The molecule has 0 aliphatic rings. The van der Waals surface area contributed by atoms with Gasteiger partial charge in [-0.05, 0) is 26.0 Å². The van der Waals surface area contributed by atoms with E-state index in [1.807, 2.05) is 37.3 Å². The lowest BCUT2D eigenvalue weighted by molar-refractivity contribution is 0.184. The lowest BCUT2D eigenvalue weighted by Crippen LogP contribution is -2.07. The highest BCUT2D eigenvalue weighted by molar-refractivity contribution is 7.98. The summed E-state index contributed by atoms with van der Waals surface area (Å²) in [5, 5.41) is 9.19. The summed E-state index contributed by atoms with van der Waals surface area (Å²) in [6, 6.07) is 9.77. The van der Waals surface area contributed by atoms with Gasteiger partial charge in [0, 0.05) is 24.9 Å². The molecule has 24 heavy (non-hydrogen) atoms. The average molecular weight is 344 g/mol. The minimum absolute atomic E-state index is 0.543. The van der Waals surface area contributed by atoms with Crippen molar-refractivity contribution in [2.75, 3.05) is 13.7 Å². The van der Waals surface area contributed by atoms with Crippen LogP contribution in [-0.2, 0) is 17.0 Å². The maximum atomic E-state index is 5.74. The minimum Gasteiger partial charge on any atom is -0.420 e. The predicted octanol–water partition coefficient (Wildman–Crippen LogP) is 3.49. The Kier molecular flexibility index (Phi) is 5.32. The maximum Gasteiger partial charge on any atom is 0.247 e. The van der Waals surface area contributed by atoms with E-state index >= 15 is 0 Å². The lowest BCUT2D eigenvalue weighted by atomic mass is 10.2. The highest BCUT2D eigenvalue weighted by atomic mass is 32.2. The molecule has 0 atom stereocenters. The Morgan fingerprint density at radius 2 is 1.96 bits per heavy atom. The van der Waals surface area contributed by atoms with E-state index in [0.29, 0.717) is 24.1 Å². The number of nitrogens with zero attached hydrogens (tertiary/aromatic N) is 4. The second-order valence-corrected chi connectivity index (χ2v) is 6.31. The smallest absolute Gasteiger partial charge is 0.247 e. The number of methoxy groups -OCH3 is 1. The van der Waals surface area contributed by atoms with Gasteiger partial charge in [0.05, 0.1) is 18.1 Å². The first-order valence-corrected chi connectivity index (χ1v) is 8.71. The summed E-state index contributed by atoms with van der Waals surface area (Å²) in [6.45, 7) is 5.53. The average Bonchev–Trinajstić information content (AvgIpc) is 3.18. The molecule has 0 N–H and O–H groups in total. The lowest BCUT2D eigenvalue weighted by Gasteiger charge is -2.08. The number of aromatic nitrogens is 4. The molecule has 0 radical (unpaired) electrons. The van der Waals surface area contributed by atoms with E-state index in [1.165, 1.54) is 0 Å². The molecule has 2 heterocycles. The molecule has 3 aromatic rings. The van der Waals surface area contributed by atoms with Crippen molar-refractivity contribution in [3.63, 3.8) is 0 Å². The van der Waals surface area contributed by atoms with Crippen LogP contribution in [0.5, 0.6) is 0 Å². The highest BCUT2D eigenvalue weighted by Gasteiger charge is 2.14. The van der Waals surface area contributed by atoms with Gasteiger partial charge in [0.25, 0.3) is 0 Å². The molecule has 0 saturated heterocycles. The van der Waals surface area contributed by atoms with Crippen LogP contribution >= 0.6 is 11.8 Å². The quantitative estimate of drug-likeness (QED) is 0.611. The summed E-state index contributed by atoms with van der Waals surface area (Å²) in [7, 11) is 1.70. The van der Waals surface area contributed by atoms with Crippen molar-refractivity contribution in [2.24, 2.45) is 0 Å². The summed E-state index contributed by atoms with van der Waals surface area (Å²) in [5.74, 6) is 1.72. The maximum absolute atomic E-state index is 5.74. The van der Waals surface area contributed by atoms with Crippen LogP contribution in [0, 0.1) is 13.8 Å². The zero-order valence-electron chi connectivity index (χ0n) is 14.0. The van der Waals surface area contributed by atoms with Crippen molar-refractivity contribution in [2.45, 2.75) is 31.3 Å². The van der Waals surface area contributed by atoms with Crippen molar-refractivity contribution in [3.05, 3.63) is 47.6 Å². The molecule has 0 aliphatic carbocycles. The van der Waals surface area contributed by atoms with Crippen molar-refractivity contribution < 1.29 is 9.15 Å². The zero-order chi connectivity index (χ0) is 16.9. The van der Waals surface area contributed by atoms with E-state index in [-0.39, 0.29) is 0 Å². The summed E-state index contributed by atoms with van der Waals surface area (Å²) in [4.78, 5) is 4.62. The van der Waals surface area contributed by atoms with Crippen LogP contribution in [0.25, 0.3) is 11.5 Å². The highest BCUT2D eigenvalue weighted by Crippen LogP contribution is 2.25. The van der Waals surface area contributed by atoms with Gasteiger partial charge in [0.1, 0.15) is 0 Å². The van der Waals surface area contributed by atoms with Gasteiger partial charge in [-0.25, -0.2) is 4.98 Å². The van der Waals surface area contributed by atoms with E-state index in [1.54, 1.807) is 18.9 Å². The van der Waals surface area contributed by atoms with Crippen LogP contribution in [0.15, 0.2) is 39.9 Å². The third-order valence-electron chi connectivity index (χ3n) is 3.75. The molecule has 0 saturated carbocycles. The number of imidazole rings is 1. The van der Waals surface area contributed by atoms with E-state index < -0.39 is 0 Å². The number of ether oxygens (including phenoxy) is 1. The molecule has 0 unspecified atom stereocenters. The molecule has 0 bridgehead atoms. The molecule has 2 aromatic heterocycles. The van der Waals surface area contributed by atoms with Crippen LogP contribution in [0.1, 0.15) is 17.3 Å². The van der Waals surface area contributed by atoms with Crippen LogP contribution in [0.3, 0.4) is 0 Å². The summed E-state index contributed by atoms with van der Waals surface area (Å²) < 4.78 is 13.1. The largest absolute Gasteiger partial charge is 0.420 e. The second kappa shape index (κ2) is 7.63. The third kappa shape index (κ3) is 3.68. The van der Waals surface area contributed by atoms with Gasteiger partial charge in [-0.2, -0.15) is 0 Å². The number of thioether (sulfide) groups is 1. The van der Waals surface area contributed by atoms with Crippen molar-refractivity contribution in [1.29, 1.82) is 0 Å². The molecule has 0 amide bonds. The van der Waals surface area contributed by atoms with Gasteiger partial charge in [-0.3, -0.25) is 0 Å². The Morgan fingerprint density at radius 3 is 2.71 bits per heavy atom. The molecule has 7 heteroatoms. The van der Waals surface area contributed by atoms with E-state index in [0.717, 1.165) is 28.7 Å². The van der Waals surface area contributed by atoms with Crippen LogP contribution in [0.2, 0.25) is 0 Å². The topological polar surface area (TPSA) is 66.0 Å². The van der Waals surface area contributed by atoms with Gasteiger partial charge in [0.15, 0.2) is 5.16 Å². The summed E-state index contributed by atoms with van der Waals surface area (Å²) in [5.41, 5.74) is 3.11. The standard InChI is InChI=1S/C17H20N4O2S/c1-12-13(2)21(9-10-22-3)17(18-12)24-11-15-19-20-16(23-15)14-7-5-4-6-8-14/h4-8H,9-11H2,1-3H3. The molecule has 0 fully saturated rings. The normalized spacial score (nSPS) is 11.1. The predicted molar refractivity (Wildman–Crippen MR) is 92.9 cm³/mol. The van der Waals surface area contributed by atoms with Crippen LogP contribution < -0.4 is 0 Å². The second-order valence-electron chi connectivity index (χ2n) is 5.37. The molecule has 3 rings (SSSR count). The zero-order valence-corrected chi connectivity index (χ0v) is 14.8. The van der Waals surface area contributed by atoms with Gasteiger partial charge in [-0.1, -0.05) is 30.0 Å². The first kappa shape index (κ1) is 16.7. The van der Waals surface area contributed by atoms with Crippen molar-refractivity contribution >= 4 is 11.8 Å². The van der Waals surface area contributed by atoms with E-state index in [2.05, 4.69) is 26.7 Å². The Bertz CT molecular complexity index is 798. The Labute approximate surface area is 145 Å². The number of aryl methyl sites for hydroxylation is 1. The van der Waals surface area contributed by atoms with Crippen molar-refractivity contribution in [1.82, 2.24) is 19.7 Å². The van der Waals surface area contributed by atoms with Gasteiger partial charge in [0.2, 0.25) is 11.8 Å². The van der Waals surface area contributed by atoms with Crippen LogP contribution in [0.4, 0.5) is 0 Å². The van der Waals surface area contributed by atoms with Crippen LogP contribution in [-0.4, -0.2) is 33.5 Å². The number of hydrogen-bond donors (Lipinski definition) is 0.